The summed E-state index contributed by atoms with van der Waals surface area (Å²) in [6.45, 7) is 3.41. The fourth-order valence-electron chi connectivity index (χ4n) is 4.11. The predicted octanol–water partition coefficient (Wildman–Crippen LogP) is 3.25. The van der Waals surface area contributed by atoms with Crippen molar-refractivity contribution < 1.29 is 18.4 Å². The van der Waals surface area contributed by atoms with Gasteiger partial charge in [-0.15, -0.1) is 10.2 Å². The van der Waals surface area contributed by atoms with Crippen LogP contribution in [0, 0.1) is 12.7 Å². The quantitative estimate of drug-likeness (QED) is 0.560. The van der Waals surface area contributed by atoms with E-state index in [4.69, 9.17) is 4.42 Å². The lowest BCUT2D eigenvalue weighted by Crippen LogP contribution is -2.52. The number of furan rings is 1. The van der Waals surface area contributed by atoms with E-state index in [0.29, 0.717) is 23.6 Å². The number of rotatable bonds is 8. The van der Waals surface area contributed by atoms with Gasteiger partial charge in [0.25, 0.3) is 5.91 Å². The Kier molecular flexibility index (Phi) is 6.81. The standard InChI is InChI=1S/C23H27FN6O3/c1-3-19(23(32)25-17-6-4-5-7-17)30(18-11-9-16(24)10-12-18)21(31)14-29-27-22(26-28-29)20-13-8-15(2)33-20/h8-13,17,19H,3-7,14H2,1-2H3,(H,25,32)/t19-/m0/s1. The summed E-state index contributed by atoms with van der Waals surface area (Å²) in [5.74, 6) is 0.360. The lowest BCUT2D eigenvalue weighted by Gasteiger charge is -2.31. The van der Waals surface area contributed by atoms with Crippen molar-refractivity contribution in [2.45, 2.75) is 64.6 Å². The van der Waals surface area contributed by atoms with Crippen LogP contribution in [0.3, 0.4) is 0 Å². The van der Waals surface area contributed by atoms with E-state index in [9.17, 15) is 14.0 Å². The summed E-state index contributed by atoms with van der Waals surface area (Å²) >= 11 is 0. The van der Waals surface area contributed by atoms with Crippen molar-refractivity contribution in [3.05, 3.63) is 48.0 Å². The van der Waals surface area contributed by atoms with Gasteiger partial charge in [0.05, 0.1) is 0 Å². The molecule has 0 bridgehead atoms. The van der Waals surface area contributed by atoms with Gasteiger partial charge in [-0.2, -0.15) is 4.80 Å². The molecule has 10 heteroatoms. The Morgan fingerprint density at radius 3 is 2.58 bits per heavy atom. The summed E-state index contributed by atoms with van der Waals surface area (Å²) in [4.78, 5) is 29.1. The van der Waals surface area contributed by atoms with Crippen molar-refractivity contribution in [1.29, 1.82) is 0 Å². The maximum Gasteiger partial charge on any atom is 0.251 e. The van der Waals surface area contributed by atoms with Crippen LogP contribution in [0.2, 0.25) is 0 Å². The minimum atomic E-state index is -0.751. The third-order valence-corrected chi connectivity index (χ3v) is 5.77. The SMILES string of the molecule is CC[C@@H](C(=O)NC1CCCC1)N(C(=O)Cn1nnc(-c2ccc(C)o2)n1)c1ccc(F)cc1. The van der Waals surface area contributed by atoms with Crippen molar-refractivity contribution in [2.75, 3.05) is 4.90 Å². The molecule has 0 radical (unpaired) electrons. The molecule has 0 saturated heterocycles. The van der Waals surface area contributed by atoms with Gasteiger partial charge in [-0.25, -0.2) is 4.39 Å². The van der Waals surface area contributed by atoms with Crippen molar-refractivity contribution >= 4 is 17.5 Å². The van der Waals surface area contributed by atoms with Crippen LogP contribution in [-0.4, -0.2) is 44.1 Å². The lowest BCUT2D eigenvalue weighted by atomic mass is 10.1. The Morgan fingerprint density at radius 1 is 1.21 bits per heavy atom. The Labute approximate surface area is 190 Å². The van der Waals surface area contributed by atoms with Crippen LogP contribution in [0.5, 0.6) is 0 Å². The van der Waals surface area contributed by atoms with E-state index in [1.165, 1.54) is 29.2 Å². The minimum Gasteiger partial charge on any atom is -0.458 e. The minimum absolute atomic E-state index is 0.119. The highest BCUT2D eigenvalue weighted by Gasteiger charge is 2.32. The van der Waals surface area contributed by atoms with E-state index in [1.807, 2.05) is 6.92 Å². The number of tetrazole rings is 1. The second kappa shape index (κ2) is 9.93. The predicted molar refractivity (Wildman–Crippen MR) is 119 cm³/mol. The summed E-state index contributed by atoms with van der Waals surface area (Å²) in [5, 5.41) is 15.2. The van der Waals surface area contributed by atoms with Gasteiger partial charge in [0, 0.05) is 11.7 Å². The second-order valence-electron chi connectivity index (χ2n) is 8.21. The fraction of sp³-hybridized carbons (Fsp3) is 0.435. The number of anilines is 1. The summed E-state index contributed by atoms with van der Waals surface area (Å²) in [5.41, 5.74) is 0.428. The monoisotopic (exact) mass is 454 g/mol. The maximum atomic E-state index is 13.6. The number of nitrogens with one attached hydrogen (secondary N) is 1. The molecular formula is C23H27FN6O3. The Morgan fingerprint density at radius 2 is 1.94 bits per heavy atom. The average Bonchev–Trinajstić information content (AvgIpc) is 3.55. The number of benzene rings is 1. The number of nitrogens with zero attached hydrogens (tertiary/aromatic N) is 5. The zero-order chi connectivity index (χ0) is 23.4. The Bertz CT molecular complexity index is 1100. The summed E-state index contributed by atoms with van der Waals surface area (Å²) in [7, 11) is 0. The third-order valence-electron chi connectivity index (χ3n) is 5.77. The third kappa shape index (κ3) is 5.27. The summed E-state index contributed by atoms with van der Waals surface area (Å²) in [6.07, 6.45) is 4.42. The van der Waals surface area contributed by atoms with E-state index in [1.54, 1.807) is 19.1 Å². The molecule has 9 nitrogen and oxygen atoms in total. The van der Waals surface area contributed by atoms with Crippen molar-refractivity contribution in [2.24, 2.45) is 0 Å². The number of aryl methyl sites for hydroxylation is 1. The molecule has 4 rings (SSSR count). The molecule has 1 aliphatic rings. The van der Waals surface area contributed by atoms with Gasteiger partial charge in [-0.1, -0.05) is 19.8 Å². The van der Waals surface area contributed by atoms with E-state index in [2.05, 4.69) is 20.7 Å². The lowest BCUT2D eigenvalue weighted by molar-refractivity contribution is -0.127. The molecule has 0 unspecified atom stereocenters. The first-order chi connectivity index (χ1) is 15.9. The van der Waals surface area contributed by atoms with Crippen LogP contribution in [0.4, 0.5) is 10.1 Å². The number of carbonyl (C=O) groups excluding carboxylic acids is 2. The smallest absolute Gasteiger partial charge is 0.251 e. The van der Waals surface area contributed by atoms with Gasteiger partial charge in [0.2, 0.25) is 11.7 Å². The highest BCUT2D eigenvalue weighted by Crippen LogP contribution is 2.23. The molecule has 33 heavy (non-hydrogen) atoms. The molecule has 2 heterocycles. The largest absolute Gasteiger partial charge is 0.458 e. The molecule has 2 amide bonds. The molecule has 2 aromatic heterocycles. The zero-order valence-electron chi connectivity index (χ0n) is 18.7. The number of halogens is 1. The number of amides is 2. The summed E-state index contributed by atoms with van der Waals surface area (Å²) < 4.78 is 19.1. The van der Waals surface area contributed by atoms with E-state index in [0.717, 1.165) is 30.5 Å². The molecule has 1 aliphatic carbocycles. The topological polar surface area (TPSA) is 106 Å². The number of carbonyl (C=O) groups is 2. The maximum absolute atomic E-state index is 13.6. The first kappa shape index (κ1) is 22.6. The molecule has 0 spiro atoms. The number of hydrogen-bond donors (Lipinski definition) is 1. The molecule has 174 valence electrons. The highest BCUT2D eigenvalue weighted by molar-refractivity contribution is 6.00. The Balaban J connectivity index is 1.57. The van der Waals surface area contributed by atoms with Crippen LogP contribution >= 0.6 is 0 Å². The van der Waals surface area contributed by atoms with Crippen molar-refractivity contribution in [3.8, 4) is 11.6 Å². The van der Waals surface area contributed by atoms with Crippen LogP contribution in [0.15, 0.2) is 40.8 Å². The molecule has 1 atom stereocenters. The van der Waals surface area contributed by atoms with Gasteiger partial charge in [0.15, 0.2) is 5.76 Å². The molecule has 0 aliphatic heterocycles. The highest BCUT2D eigenvalue weighted by atomic mass is 19.1. The van der Waals surface area contributed by atoms with E-state index >= 15 is 0 Å². The second-order valence-corrected chi connectivity index (χ2v) is 8.21. The molecule has 3 aromatic rings. The van der Waals surface area contributed by atoms with Gasteiger partial charge >= 0.3 is 0 Å². The first-order valence-corrected chi connectivity index (χ1v) is 11.2. The van der Waals surface area contributed by atoms with Crippen LogP contribution in [0.1, 0.15) is 44.8 Å². The van der Waals surface area contributed by atoms with Gasteiger partial charge < -0.3 is 9.73 Å². The zero-order valence-corrected chi connectivity index (χ0v) is 18.7. The fourth-order valence-corrected chi connectivity index (χ4v) is 4.11. The average molecular weight is 455 g/mol. The number of hydrogen-bond acceptors (Lipinski definition) is 6. The first-order valence-electron chi connectivity index (χ1n) is 11.2. The van der Waals surface area contributed by atoms with E-state index < -0.39 is 17.8 Å². The summed E-state index contributed by atoms with van der Waals surface area (Å²) in [6, 6.07) is 8.39. The van der Waals surface area contributed by atoms with Crippen molar-refractivity contribution in [1.82, 2.24) is 25.5 Å². The molecule has 1 aromatic carbocycles. The van der Waals surface area contributed by atoms with Gasteiger partial charge in [-0.3, -0.25) is 14.5 Å². The molecular weight excluding hydrogens is 427 g/mol. The Hall–Kier alpha value is -3.56. The van der Waals surface area contributed by atoms with Crippen LogP contribution in [-0.2, 0) is 16.1 Å². The van der Waals surface area contributed by atoms with Crippen molar-refractivity contribution in [3.63, 3.8) is 0 Å². The normalized spacial score (nSPS) is 14.9. The van der Waals surface area contributed by atoms with Crippen LogP contribution in [0.25, 0.3) is 11.6 Å². The van der Waals surface area contributed by atoms with Gasteiger partial charge in [-0.05, 0) is 67.8 Å². The number of aromatic nitrogens is 4. The van der Waals surface area contributed by atoms with Crippen LogP contribution < -0.4 is 10.2 Å². The van der Waals surface area contributed by atoms with Gasteiger partial charge in [0.1, 0.15) is 24.2 Å². The molecule has 1 fully saturated rings. The molecule has 1 N–H and O–H groups in total. The van der Waals surface area contributed by atoms with E-state index in [-0.39, 0.29) is 24.3 Å². The molecule has 1 saturated carbocycles.